The van der Waals surface area contributed by atoms with Crippen molar-refractivity contribution in [3.05, 3.63) is 0 Å². The standard InChI is InChI=1S/C13H23ClN2O2/c14-10-12(17)15-11-13(4-2-1-3-5-13)16-6-8-18-9-7-16/h1-11H2,(H,15,17). The van der Waals surface area contributed by atoms with E-state index in [9.17, 15) is 4.79 Å². The molecular formula is C13H23ClN2O2. The van der Waals surface area contributed by atoms with Crippen LogP contribution in [0.15, 0.2) is 0 Å². The topological polar surface area (TPSA) is 41.6 Å². The molecule has 4 nitrogen and oxygen atoms in total. The van der Waals surface area contributed by atoms with Crippen molar-refractivity contribution in [2.75, 3.05) is 38.7 Å². The molecule has 2 rings (SSSR count). The van der Waals surface area contributed by atoms with Gasteiger partial charge in [0.1, 0.15) is 5.88 Å². The Labute approximate surface area is 114 Å². The van der Waals surface area contributed by atoms with Gasteiger partial charge >= 0.3 is 0 Å². The van der Waals surface area contributed by atoms with Crippen LogP contribution in [-0.4, -0.2) is 55.1 Å². The summed E-state index contributed by atoms with van der Waals surface area (Å²) in [5, 5.41) is 2.99. The monoisotopic (exact) mass is 274 g/mol. The van der Waals surface area contributed by atoms with E-state index < -0.39 is 0 Å². The molecular weight excluding hydrogens is 252 g/mol. The van der Waals surface area contributed by atoms with Gasteiger partial charge in [-0.3, -0.25) is 9.69 Å². The zero-order chi connectivity index (χ0) is 12.8. The normalized spacial score (nSPS) is 24.7. The van der Waals surface area contributed by atoms with Gasteiger partial charge < -0.3 is 10.1 Å². The minimum Gasteiger partial charge on any atom is -0.379 e. The Bertz CT molecular complexity index is 274. The maximum absolute atomic E-state index is 11.4. The number of hydrogen-bond donors (Lipinski definition) is 1. The predicted octanol–water partition coefficient (Wildman–Crippen LogP) is 1.38. The van der Waals surface area contributed by atoms with Crippen molar-refractivity contribution in [1.29, 1.82) is 0 Å². The molecule has 2 aliphatic rings. The van der Waals surface area contributed by atoms with Crippen molar-refractivity contribution < 1.29 is 9.53 Å². The number of amides is 1. The zero-order valence-corrected chi connectivity index (χ0v) is 11.7. The van der Waals surface area contributed by atoms with E-state index in [1.54, 1.807) is 0 Å². The first-order valence-electron chi connectivity index (χ1n) is 6.92. The average Bonchev–Trinajstić information content (AvgIpc) is 2.46. The predicted molar refractivity (Wildman–Crippen MR) is 71.9 cm³/mol. The maximum atomic E-state index is 11.4. The minimum atomic E-state index is -0.0603. The molecule has 18 heavy (non-hydrogen) atoms. The number of hydrogen-bond acceptors (Lipinski definition) is 3. The van der Waals surface area contributed by atoms with Crippen LogP contribution in [0.3, 0.4) is 0 Å². The van der Waals surface area contributed by atoms with E-state index in [1.807, 2.05) is 0 Å². The number of nitrogens with one attached hydrogen (secondary N) is 1. The van der Waals surface area contributed by atoms with Crippen molar-refractivity contribution in [3.8, 4) is 0 Å². The molecule has 0 bridgehead atoms. The molecule has 0 atom stereocenters. The first-order chi connectivity index (χ1) is 8.77. The number of halogens is 1. The molecule has 2 fully saturated rings. The Balaban J connectivity index is 1.99. The second-order valence-electron chi connectivity index (χ2n) is 5.29. The van der Waals surface area contributed by atoms with Gasteiger partial charge in [-0.1, -0.05) is 19.3 Å². The molecule has 0 aromatic carbocycles. The van der Waals surface area contributed by atoms with Crippen LogP contribution in [0.5, 0.6) is 0 Å². The van der Waals surface area contributed by atoms with Crippen LogP contribution in [0.1, 0.15) is 32.1 Å². The number of ether oxygens (including phenoxy) is 1. The van der Waals surface area contributed by atoms with Crippen molar-refractivity contribution in [2.45, 2.75) is 37.6 Å². The molecule has 1 aliphatic heterocycles. The Morgan fingerprint density at radius 2 is 1.89 bits per heavy atom. The number of carbonyl (C=O) groups is 1. The lowest BCUT2D eigenvalue weighted by atomic mass is 9.79. The van der Waals surface area contributed by atoms with Crippen molar-refractivity contribution in [3.63, 3.8) is 0 Å². The van der Waals surface area contributed by atoms with E-state index >= 15 is 0 Å². The lowest BCUT2D eigenvalue weighted by molar-refractivity contribution is -0.120. The van der Waals surface area contributed by atoms with Crippen LogP contribution in [0.2, 0.25) is 0 Å². The zero-order valence-electron chi connectivity index (χ0n) is 10.9. The summed E-state index contributed by atoms with van der Waals surface area (Å²) in [5.41, 5.74) is 0.143. The van der Waals surface area contributed by atoms with E-state index in [1.165, 1.54) is 32.1 Å². The molecule has 1 heterocycles. The Hall–Kier alpha value is -0.320. The largest absolute Gasteiger partial charge is 0.379 e. The molecule has 0 unspecified atom stereocenters. The number of carbonyl (C=O) groups excluding carboxylic acids is 1. The average molecular weight is 275 g/mol. The second kappa shape index (κ2) is 6.73. The molecule has 5 heteroatoms. The van der Waals surface area contributed by atoms with Gasteiger partial charge in [0, 0.05) is 25.2 Å². The van der Waals surface area contributed by atoms with Crippen LogP contribution >= 0.6 is 11.6 Å². The van der Waals surface area contributed by atoms with E-state index in [-0.39, 0.29) is 17.3 Å². The van der Waals surface area contributed by atoms with Crippen LogP contribution < -0.4 is 5.32 Å². The lowest BCUT2D eigenvalue weighted by Crippen LogP contribution is -2.59. The number of alkyl halides is 1. The fourth-order valence-electron chi connectivity index (χ4n) is 3.16. The highest BCUT2D eigenvalue weighted by molar-refractivity contribution is 6.27. The highest BCUT2D eigenvalue weighted by Gasteiger charge is 2.38. The van der Waals surface area contributed by atoms with Gasteiger partial charge in [0.25, 0.3) is 0 Å². The number of morpholine rings is 1. The number of rotatable bonds is 4. The molecule has 0 aromatic rings. The summed E-state index contributed by atoms with van der Waals surface area (Å²) in [7, 11) is 0. The summed E-state index contributed by atoms with van der Waals surface area (Å²) in [6.45, 7) is 4.32. The molecule has 1 saturated heterocycles. The Morgan fingerprint density at radius 3 is 2.50 bits per heavy atom. The summed E-state index contributed by atoms with van der Waals surface area (Å²) < 4.78 is 5.43. The summed E-state index contributed by atoms with van der Waals surface area (Å²) in [4.78, 5) is 13.9. The highest BCUT2D eigenvalue weighted by Crippen LogP contribution is 2.33. The third-order valence-electron chi connectivity index (χ3n) is 4.20. The van der Waals surface area contributed by atoms with Crippen molar-refractivity contribution in [2.24, 2.45) is 0 Å². The van der Waals surface area contributed by atoms with Gasteiger partial charge in [0.2, 0.25) is 5.91 Å². The summed E-state index contributed by atoms with van der Waals surface area (Å²) in [6, 6.07) is 0. The van der Waals surface area contributed by atoms with E-state index in [4.69, 9.17) is 16.3 Å². The van der Waals surface area contributed by atoms with Gasteiger partial charge in [-0.15, -0.1) is 11.6 Å². The second-order valence-corrected chi connectivity index (χ2v) is 5.56. The first kappa shape index (κ1) is 14.1. The van der Waals surface area contributed by atoms with Gasteiger partial charge in [0.05, 0.1) is 13.2 Å². The van der Waals surface area contributed by atoms with E-state index in [2.05, 4.69) is 10.2 Å². The summed E-state index contributed by atoms with van der Waals surface area (Å²) in [6.07, 6.45) is 6.18. The van der Waals surface area contributed by atoms with Gasteiger partial charge in [-0.25, -0.2) is 0 Å². The Kier molecular flexibility index (Phi) is 5.27. The molecule has 0 aromatic heterocycles. The number of nitrogens with zero attached hydrogens (tertiary/aromatic N) is 1. The van der Waals surface area contributed by atoms with E-state index in [0.29, 0.717) is 0 Å². The third kappa shape index (κ3) is 3.37. The summed E-state index contributed by atoms with van der Waals surface area (Å²) >= 11 is 5.56. The minimum absolute atomic E-state index is 0.0548. The highest BCUT2D eigenvalue weighted by atomic mass is 35.5. The van der Waals surface area contributed by atoms with Crippen LogP contribution in [0, 0.1) is 0 Å². The van der Waals surface area contributed by atoms with E-state index in [0.717, 1.165) is 32.8 Å². The fraction of sp³-hybridized carbons (Fsp3) is 0.923. The third-order valence-corrected chi connectivity index (χ3v) is 4.44. The first-order valence-corrected chi connectivity index (χ1v) is 7.46. The summed E-state index contributed by atoms with van der Waals surface area (Å²) in [5.74, 6) is -0.00555. The van der Waals surface area contributed by atoms with Crippen LogP contribution in [-0.2, 0) is 9.53 Å². The van der Waals surface area contributed by atoms with Gasteiger partial charge in [-0.05, 0) is 12.8 Å². The van der Waals surface area contributed by atoms with Gasteiger partial charge in [0.15, 0.2) is 0 Å². The van der Waals surface area contributed by atoms with Crippen LogP contribution in [0.4, 0.5) is 0 Å². The smallest absolute Gasteiger partial charge is 0.234 e. The van der Waals surface area contributed by atoms with Crippen molar-refractivity contribution in [1.82, 2.24) is 10.2 Å². The molecule has 1 amide bonds. The molecule has 1 aliphatic carbocycles. The van der Waals surface area contributed by atoms with Crippen molar-refractivity contribution >= 4 is 17.5 Å². The van der Waals surface area contributed by atoms with Crippen LogP contribution in [0.25, 0.3) is 0 Å². The molecule has 0 spiro atoms. The maximum Gasteiger partial charge on any atom is 0.234 e. The lowest BCUT2D eigenvalue weighted by Gasteiger charge is -2.48. The quantitative estimate of drug-likeness (QED) is 0.788. The molecule has 0 radical (unpaired) electrons. The molecule has 1 N–H and O–H groups in total. The van der Waals surface area contributed by atoms with Gasteiger partial charge in [-0.2, -0.15) is 0 Å². The fourth-order valence-corrected chi connectivity index (χ4v) is 3.26. The molecule has 104 valence electrons. The molecule has 1 saturated carbocycles. The SMILES string of the molecule is O=C(CCl)NCC1(N2CCOCC2)CCCCC1. The Morgan fingerprint density at radius 1 is 1.22 bits per heavy atom.